The molecule has 0 saturated heterocycles. The van der Waals surface area contributed by atoms with Gasteiger partial charge in [0.05, 0.1) is 4.92 Å². The van der Waals surface area contributed by atoms with Gasteiger partial charge in [-0.3, -0.25) is 24.5 Å². The van der Waals surface area contributed by atoms with Gasteiger partial charge in [0.25, 0.3) is 17.5 Å². The summed E-state index contributed by atoms with van der Waals surface area (Å²) in [6, 6.07) is 7.72. The Balaban J connectivity index is 1.88. The van der Waals surface area contributed by atoms with Crippen LogP contribution < -0.4 is 10.6 Å². The van der Waals surface area contributed by atoms with E-state index in [1.54, 1.807) is 19.9 Å². The highest BCUT2D eigenvalue weighted by molar-refractivity contribution is 5.97. The molecule has 2 aromatic rings. The maximum Gasteiger partial charge on any atom is 0.325 e. The lowest BCUT2D eigenvalue weighted by Gasteiger charge is -2.11. The normalized spacial score (nSPS) is 10.2. The maximum atomic E-state index is 13.1. The molecular weight excluding hydrogens is 385 g/mol. The van der Waals surface area contributed by atoms with Crippen LogP contribution in [-0.2, 0) is 14.3 Å². The Morgan fingerprint density at radius 3 is 2.55 bits per heavy atom. The smallest absolute Gasteiger partial charge is 0.325 e. The first-order valence-corrected chi connectivity index (χ1v) is 8.43. The van der Waals surface area contributed by atoms with E-state index in [0.717, 1.165) is 11.6 Å². The number of halogens is 1. The molecule has 0 radical (unpaired) electrons. The number of aryl methyl sites for hydroxylation is 1. The second kappa shape index (κ2) is 9.40. The number of anilines is 1. The molecule has 0 fully saturated rings. The number of esters is 1. The number of carbonyl (C=O) groups is 3. The van der Waals surface area contributed by atoms with E-state index in [1.165, 1.54) is 24.3 Å². The summed E-state index contributed by atoms with van der Waals surface area (Å²) < 4.78 is 17.8. The Labute approximate surface area is 165 Å². The molecule has 0 saturated carbocycles. The van der Waals surface area contributed by atoms with Gasteiger partial charge >= 0.3 is 5.97 Å². The Hall–Kier alpha value is -3.82. The van der Waals surface area contributed by atoms with Crippen LogP contribution in [-0.4, -0.2) is 35.9 Å². The van der Waals surface area contributed by atoms with E-state index in [9.17, 15) is 28.9 Å². The number of hydrogen-bond donors (Lipinski definition) is 2. The second-order valence-corrected chi connectivity index (χ2v) is 6.06. The summed E-state index contributed by atoms with van der Waals surface area (Å²) in [6.45, 7) is 2.12. The van der Waals surface area contributed by atoms with Crippen molar-refractivity contribution in [3.05, 3.63) is 69.0 Å². The van der Waals surface area contributed by atoms with Gasteiger partial charge in [0, 0.05) is 11.6 Å². The molecule has 0 aliphatic rings. The lowest BCUT2D eigenvalue weighted by molar-refractivity contribution is -0.384. The second-order valence-electron chi connectivity index (χ2n) is 6.06. The first kappa shape index (κ1) is 21.5. The minimum Gasteiger partial charge on any atom is -0.454 e. The topological polar surface area (TPSA) is 128 Å². The molecule has 0 heterocycles. The summed E-state index contributed by atoms with van der Waals surface area (Å²) in [6.07, 6.45) is 0. The number of nitro groups is 1. The average Bonchev–Trinajstić information content (AvgIpc) is 2.67. The number of rotatable bonds is 7. The fourth-order valence-corrected chi connectivity index (χ4v) is 2.37. The molecule has 152 valence electrons. The highest BCUT2D eigenvalue weighted by atomic mass is 19.1. The van der Waals surface area contributed by atoms with Crippen LogP contribution in [0, 0.1) is 29.8 Å². The van der Waals surface area contributed by atoms with Crippen molar-refractivity contribution in [3.63, 3.8) is 0 Å². The van der Waals surface area contributed by atoms with Crippen molar-refractivity contribution >= 4 is 29.2 Å². The molecule has 2 N–H and O–H groups in total. The van der Waals surface area contributed by atoms with E-state index in [2.05, 4.69) is 10.6 Å². The Morgan fingerprint density at radius 2 is 1.90 bits per heavy atom. The Kier molecular flexibility index (Phi) is 6.96. The molecule has 10 heteroatoms. The molecule has 29 heavy (non-hydrogen) atoms. The van der Waals surface area contributed by atoms with Crippen molar-refractivity contribution in [2.75, 3.05) is 18.5 Å². The van der Waals surface area contributed by atoms with Gasteiger partial charge in [-0.15, -0.1) is 0 Å². The number of ether oxygens (including phenoxy) is 1. The van der Waals surface area contributed by atoms with Crippen molar-refractivity contribution in [1.29, 1.82) is 0 Å². The number of nitrogens with zero attached hydrogens (tertiary/aromatic N) is 1. The molecule has 0 aliphatic carbocycles. The first-order valence-electron chi connectivity index (χ1n) is 8.43. The summed E-state index contributed by atoms with van der Waals surface area (Å²) in [7, 11) is 0. The van der Waals surface area contributed by atoms with Crippen molar-refractivity contribution < 1.29 is 28.4 Å². The lowest BCUT2D eigenvalue weighted by atomic mass is 10.1. The van der Waals surface area contributed by atoms with E-state index in [1.807, 2.05) is 0 Å². The monoisotopic (exact) mass is 403 g/mol. The molecule has 0 atom stereocenters. The van der Waals surface area contributed by atoms with Crippen LogP contribution in [0.1, 0.15) is 21.5 Å². The van der Waals surface area contributed by atoms with Crippen LogP contribution in [0.25, 0.3) is 0 Å². The lowest BCUT2D eigenvalue weighted by Crippen LogP contribution is -2.32. The van der Waals surface area contributed by atoms with Crippen molar-refractivity contribution in [2.24, 2.45) is 0 Å². The van der Waals surface area contributed by atoms with E-state index in [0.29, 0.717) is 5.56 Å². The molecule has 0 bridgehead atoms. The van der Waals surface area contributed by atoms with E-state index in [4.69, 9.17) is 4.74 Å². The molecule has 2 amide bonds. The van der Waals surface area contributed by atoms with Crippen LogP contribution in [0.15, 0.2) is 36.4 Å². The molecule has 2 aromatic carbocycles. The van der Waals surface area contributed by atoms with Crippen molar-refractivity contribution in [3.8, 4) is 0 Å². The first-order chi connectivity index (χ1) is 13.7. The van der Waals surface area contributed by atoms with Crippen molar-refractivity contribution in [1.82, 2.24) is 5.32 Å². The summed E-state index contributed by atoms with van der Waals surface area (Å²) >= 11 is 0. The largest absolute Gasteiger partial charge is 0.454 e. The highest BCUT2D eigenvalue weighted by Gasteiger charge is 2.20. The molecule has 0 unspecified atom stereocenters. The SMILES string of the molecule is Cc1ccc([N+](=O)[O-])c(NC(=O)COC(=O)CNC(=O)c2cccc(F)c2)c1C. The fraction of sp³-hybridized carbons (Fsp3) is 0.211. The third-order valence-electron chi connectivity index (χ3n) is 4.02. The predicted molar refractivity (Wildman–Crippen MR) is 101 cm³/mol. The van der Waals surface area contributed by atoms with Crippen LogP contribution in [0.4, 0.5) is 15.8 Å². The van der Waals surface area contributed by atoms with Crippen LogP contribution >= 0.6 is 0 Å². The van der Waals surface area contributed by atoms with Gasteiger partial charge < -0.3 is 15.4 Å². The minimum absolute atomic E-state index is 0.0236. The van der Waals surface area contributed by atoms with E-state index in [-0.39, 0.29) is 16.9 Å². The summed E-state index contributed by atoms with van der Waals surface area (Å²) in [4.78, 5) is 46.0. The van der Waals surface area contributed by atoms with Gasteiger partial charge in [-0.05, 0) is 43.2 Å². The zero-order valence-electron chi connectivity index (χ0n) is 15.7. The zero-order valence-corrected chi connectivity index (χ0v) is 15.7. The highest BCUT2D eigenvalue weighted by Crippen LogP contribution is 2.30. The average molecular weight is 403 g/mol. The standard InChI is InChI=1S/C19H18FN3O6/c1-11-6-7-15(23(27)28)18(12(11)2)22-16(24)10-29-17(25)9-21-19(26)13-4-3-5-14(20)8-13/h3-8H,9-10H2,1-2H3,(H,21,26)(H,22,24). The van der Waals surface area contributed by atoms with Gasteiger partial charge in [0.2, 0.25) is 0 Å². The van der Waals surface area contributed by atoms with E-state index >= 15 is 0 Å². The van der Waals surface area contributed by atoms with Gasteiger partial charge in [-0.1, -0.05) is 12.1 Å². The molecule has 0 spiro atoms. The number of hydrogen-bond acceptors (Lipinski definition) is 6. The molecule has 0 aliphatic heterocycles. The fourth-order valence-electron chi connectivity index (χ4n) is 2.37. The summed E-state index contributed by atoms with van der Waals surface area (Å²) in [5, 5.41) is 15.7. The van der Waals surface area contributed by atoms with Crippen molar-refractivity contribution in [2.45, 2.75) is 13.8 Å². The quantitative estimate of drug-likeness (QED) is 0.415. The van der Waals surface area contributed by atoms with Gasteiger partial charge in [-0.25, -0.2) is 4.39 Å². The number of amides is 2. The molecule has 9 nitrogen and oxygen atoms in total. The Morgan fingerprint density at radius 1 is 1.17 bits per heavy atom. The third kappa shape index (κ3) is 5.83. The number of nitrogens with one attached hydrogen (secondary N) is 2. The van der Waals surface area contributed by atoms with Crippen LogP contribution in [0.3, 0.4) is 0 Å². The van der Waals surface area contributed by atoms with Gasteiger partial charge in [0.1, 0.15) is 18.0 Å². The summed E-state index contributed by atoms with van der Waals surface area (Å²) in [5.41, 5.74) is 1.02. The number of nitro benzene ring substituents is 1. The number of carbonyl (C=O) groups excluding carboxylic acids is 3. The zero-order chi connectivity index (χ0) is 21.6. The van der Waals surface area contributed by atoms with Crippen LogP contribution in [0.2, 0.25) is 0 Å². The number of benzene rings is 2. The summed E-state index contributed by atoms with van der Waals surface area (Å²) in [5.74, 6) is -2.96. The minimum atomic E-state index is -0.902. The Bertz CT molecular complexity index is 976. The molecule has 0 aromatic heterocycles. The molecular formula is C19H18FN3O6. The third-order valence-corrected chi connectivity index (χ3v) is 4.02. The predicted octanol–water partition coefficient (Wildman–Crippen LogP) is 2.26. The van der Waals surface area contributed by atoms with Crippen LogP contribution in [0.5, 0.6) is 0 Å². The van der Waals surface area contributed by atoms with Gasteiger partial charge in [-0.2, -0.15) is 0 Å². The van der Waals surface area contributed by atoms with Gasteiger partial charge in [0.15, 0.2) is 6.61 Å². The van der Waals surface area contributed by atoms with E-state index < -0.39 is 41.7 Å². The maximum absolute atomic E-state index is 13.1. The molecule has 2 rings (SSSR count).